The van der Waals surface area contributed by atoms with E-state index in [2.05, 4.69) is 0 Å². The first-order valence-electron chi connectivity index (χ1n) is 3.56. The first-order valence-corrected chi connectivity index (χ1v) is 3.56. The summed E-state index contributed by atoms with van der Waals surface area (Å²) in [4.78, 5) is 0.900. The number of aliphatic hydroxyl groups is 5. The van der Waals surface area contributed by atoms with E-state index in [1.807, 2.05) is 0 Å². The Kier molecular flexibility index (Phi) is 10.3. The number of hydrogen-bond acceptors (Lipinski definition) is 6. The lowest BCUT2D eigenvalue weighted by atomic mass is 10.1. The van der Waals surface area contributed by atoms with Crippen LogP contribution in [0.1, 0.15) is 0 Å². The number of hydrogen-bond donors (Lipinski definition) is 5. The molecule has 0 bridgehead atoms. The standard InChI is InChI=1S/C6H15NO5.ClH/c8-1-5(2-9)6(12)7(3-10)4-11;/h5-6,8-12H,1-4H2;1H. The third kappa shape index (κ3) is 4.72. The Morgan fingerprint density at radius 2 is 1.31 bits per heavy atom. The molecule has 1 atom stereocenters. The molecule has 0 aliphatic rings. The molecule has 0 aromatic rings. The molecule has 7 heteroatoms. The molecule has 0 amide bonds. The average molecular weight is 218 g/mol. The minimum Gasteiger partial charge on any atom is -0.396 e. The van der Waals surface area contributed by atoms with E-state index in [0.717, 1.165) is 4.90 Å². The van der Waals surface area contributed by atoms with Gasteiger partial charge in [0.25, 0.3) is 0 Å². The lowest BCUT2D eigenvalue weighted by molar-refractivity contribution is -0.129. The maximum absolute atomic E-state index is 9.25. The van der Waals surface area contributed by atoms with Crippen LogP contribution in [0.25, 0.3) is 0 Å². The van der Waals surface area contributed by atoms with E-state index < -0.39 is 38.8 Å². The highest BCUT2D eigenvalue weighted by atomic mass is 35.5. The Morgan fingerprint density at radius 1 is 0.923 bits per heavy atom. The minimum absolute atomic E-state index is 0. The number of nitrogens with zero attached hydrogens (tertiary/aromatic N) is 1. The fourth-order valence-corrected chi connectivity index (χ4v) is 0.756. The van der Waals surface area contributed by atoms with Crippen molar-refractivity contribution in [3.63, 3.8) is 0 Å². The van der Waals surface area contributed by atoms with Gasteiger partial charge in [0.1, 0.15) is 6.23 Å². The summed E-state index contributed by atoms with van der Waals surface area (Å²) < 4.78 is 0. The van der Waals surface area contributed by atoms with Gasteiger partial charge in [-0.2, -0.15) is 0 Å². The summed E-state index contributed by atoms with van der Waals surface area (Å²) in [7, 11) is 0. The highest BCUT2D eigenvalue weighted by Gasteiger charge is 2.23. The van der Waals surface area contributed by atoms with E-state index >= 15 is 0 Å². The molecule has 0 spiro atoms. The van der Waals surface area contributed by atoms with Crippen LogP contribution in [0.2, 0.25) is 0 Å². The third-order valence-electron chi connectivity index (χ3n) is 1.63. The van der Waals surface area contributed by atoms with Gasteiger partial charge < -0.3 is 25.5 Å². The van der Waals surface area contributed by atoms with Gasteiger partial charge in [0.15, 0.2) is 0 Å². The predicted molar refractivity (Wildman–Crippen MR) is 46.9 cm³/mol. The molecule has 0 saturated carbocycles. The zero-order valence-electron chi connectivity index (χ0n) is 7.07. The first kappa shape index (κ1) is 15.5. The molecular weight excluding hydrogens is 202 g/mol. The van der Waals surface area contributed by atoms with Crippen LogP contribution < -0.4 is 0 Å². The molecule has 1 unspecified atom stereocenters. The largest absolute Gasteiger partial charge is 0.396 e. The Hall–Kier alpha value is 0.0500. The van der Waals surface area contributed by atoms with Crippen molar-refractivity contribution in [3.05, 3.63) is 0 Å². The molecule has 0 rings (SSSR count). The summed E-state index contributed by atoms with van der Waals surface area (Å²) in [6.07, 6.45) is -1.24. The number of aliphatic hydroxyl groups excluding tert-OH is 5. The quantitative estimate of drug-likeness (QED) is 0.316. The van der Waals surface area contributed by atoms with Crippen molar-refractivity contribution in [1.29, 1.82) is 0 Å². The van der Waals surface area contributed by atoms with Crippen molar-refractivity contribution in [2.75, 3.05) is 26.7 Å². The molecule has 0 fully saturated rings. The maximum Gasteiger partial charge on any atom is 0.118 e. The van der Waals surface area contributed by atoms with Crippen molar-refractivity contribution < 1.29 is 25.5 Å². The molecule has 0 aromatic carbocycles. The zero-order valence-corrected chi connectivity index (χ0v) is 7.89. The van der Waals surface area contributed by atoms with Gasteiger partial charge in [-0.05, 0) is 0 Å². The second-order valence-corrected chi connectivity index (χ2v) is 2.41. The minimum atomic E-state index is -1.24. The van der Waals surface area contributed by atoms with E-state index in [0.29, 0.717) is 0 Å². The Bertz CT molecular complexity index is 97.2. The van der Waals surface area contributed by atoms with Gasteiger partial charge >= 0.3 is 0 Å². The van der Waals surface area contributed by atoms with Crippen molar-refractivity contribution in [3.8, 4) is 0 Å². The highest BCUT2D eigenvalue weighted by molar-refractivity contribution is 5.85. The Balaban J connectivity index is 0. The van der Waals surface area contributed by atoms with Crippen molar-refractivity contribution in [2.45, 2.75) is 6.23 Å². The van der Waals surface area contributed by atoms with Gasteiger partial charge in [-0.25, -0.2) is 4.90 Å². The second-order valence-electron chi connectivity index (χ2n) is 2.41. The summed E-state index contributed by atoms with van der Waals surface area (Å²) in [6, 6.07) is 0. The lowest BCUT2D eigenvalue weighted by Crippen LogP contribution is -2.44. The summed E-state index contributed by atoms with van der Waals surface area (Å²) >= 11 is 0. The van der Waals surface area contributed by atoms with Gasteiger partial charge in [0.2, 0.25) is 0 Å². The summed E-state index contributed by atoms with van der Waals surface area (Å²) in [5.74, 6) is -0.774. The van der Waals surface area contributed by atoms with Gasteiger partial charge in [-0.1, -0.05) is 0 Å². The predicted octanol–water partition coefficient (Wildman–Crippen LogP) is -2.47. The van der Waals surface area contributed by atoms with E-state index in [4.69, 9.17) is 20.4 Å². The average Bonchev–Trinajstić information content (AvgIpc) is 2.09. The Labute approximate surface area is 82.4 Å². The van der Waals surface area contributed by atoms with E-state index in [1.54, 1.807) is 0 Å². The lowest BCUT2D eigenvalue weighted by Gasteiger charge is -2.27. The molecule has 13 heavy (non-hydrogen) atoms. The molecule has 0 aliphatic carbocycles. The summed E-state index contributed by atoms with van der Waals surface area (Å²) in [6.45, 7) is -1.88. The topological polar surface area (TPSA) is 104 Å². The van der Waals surface area contributed by atoms with E-state index in [9.17, 15) is 5.11 Å². The summed E-state index contributed by atoms with van der Waals surface area (Å²) in [5, 5.41) is 43.7. The second kappa shape index (κ2) is 8.64. The van der Waals surface area contributed by atoms with Gasteiger partial charge in [0, 0.05) is 5.92 Å². The van der Waals surface area contributed by atoms with Gasteiger partial charge in [-0.15, -0.1) is 12.4 Å². The molecule has 82 valence electrons. The van der Waals surface area contributed by atoms with Crippen molar-refractivity contribution >= 4 is 12.4 Å². The Morgan fingerprint density at radius 3 is 1.54 bits per heavy atom. The molecule has 0 saturated heterocycles. The van der Waals surface area contributed by atoms with Crippen LogP contribution in [0.3, 0.4) is 0 Å². The molecular formula is C6H16ClNO5. The van der Waals surface area contributed by atoms with Crippen LogP contribution >= 0.6 is 12.4 Å². The molecule has 0 heterocycles. The number of rotatable bonds is 6. The fraction of sp³-hybridized carbons (Fsp3) is 1.00. The zero-order chi connectivity index (χ0) is 9.56. The maximum atomic E-state index is 9.25. The molecule has 0 aromatic heterocycles. The van der Waals surface area contributed by atoms with E-state index in [-0.39, 0.29) is 12.4 Å². The van der Waals surface area contributed by atoms with Crippen LogP contribution in [0.15, 0.2) is 0 Å². The van der Waals surface area contributed by atoms with Gasteiger partial charge in [-0.3, -0.25) is 0 Å². The van der Waals surface area contributed by atoms with Gasteiger partial charge in [0.05, 0.1) is 26.7 Å². The smallest absolute Gasteiger partial charge is 0.118 e. The van der Waals surface area contributed by atoms with Crippen LogP contribution in [0.4, 0.5) is 0 Å². The molecule has 0 radical (unpaired) electrons. The van der Waals surface area contributed by atoms with E-state index in [1.165, 1.54) is 0 Å². The van der Waals surface area contributed by atoms with Crippen LogP contribution in [-0.2, 0) is 0 Å². The summed E-state index contributed by atoms with van der Waals surface area (Å²) in [5.41, 5.74) is 0. The third-order valence-corrected chi connectivity index (χ3v) is 1.63. The SMILES string of the molecule is Cl.OCC(CO)C(O)N(CO)CO. The van der Waals surface area contributed by atoms with Crippen molar-refractivity contribution in [2.24, 2.45) is 5.92 Å². The number of halogens is 1. The molecule has 0 aliphatic heterocycles. The van der Waals surface area contributed by atoms with Crippen LogP contribution in [-0.4, -0.2) is 63.3 Å². The highest BCUT2D eigenvalue weighted by Crippen LogP contribution is 2.06. The van der Waals surface area contributed by atoms with Crippen molar-refractivity contribution in [1.82, 2.24) is 4.90 Å². The fourth-order valence-electron chi connectivity index (χ4n) is 0.756. The van der Waals surface area contributed by atoms with Crippen LogP contribution in [0, 0.1) is 5.92 Å². The molecule has 5 N–H and O–H groups in total. The molecule has 6 nitrogen and oxygen atoms in total. The monoisotopic (exact) mass is 217 g/mol. The normalized spacial score (nSPS) is 13.2. The van der Waals surface area contributed by atoms with Crippen LogP contribution in [0.5, 0.6) is 0 Å². The first-order chi connectivity index (χ1) is 5.71.